The Balaban J connectivity index is 1.49. The van der Waals surface area contributed by atoms with Gasteiger partial charge in [0.25, 0.3) is 0 Å². The molecule has 9 heteroatoms. The van der Waals surface area contributed by atoms with Crippen molar-refractivity contribution in [2.24, 2.45) is 5.92 Å². The van der Waals surface area contributed by atoms with Gasteiger partial charge in [0.2, 0.25) is 5.91 Å². The zero-order valence-corrected chi connectivity index (χ0v) is 16.3. The van der Waals surface area contributed by atoms with Gasteiger partial charge in [0.15, 0.2) is 5.82 Å². The van der Waals surface area contributed by atoms with Gasteiger partial charge >= 0.3 is 0 Å². The van der Waals surface area contributed by atoms with Crippen LogP contribution < -0.4 is 10.2 Å². The number of anilines is 2. The average molecular weight is 408 g/mol. The lowest BCUT2D eigenvalue weighted by molar-refractivity contribution is -0.120. The highest BCUT2D eigenvalue weighted by Gasteiger charge is 2.27. The molecule has 0 radical (unpaired) electrons. The largest absolute Gasteiger partial charge is 0.356 e. The summed E-state index contributed by atoms with van der Waals surface area (Å²) in [6.45, 7) is 1.34. The van der Waals surface area contributed by atoms with Crippen LogP contribution in [0.15, 0.2) is 49.1 Å². The van der Waals surface area contributed by atoms with Gasteiger partial charge in [-0.1, -0.05) is 11.6 Å². The Morgan fingerprint density at radius 3 is 2.93 bits per heavy atom. The lowest BCUT2D eigenvalue weighted by Crippen LogP contribution is -2.41. The first kappa shape index (κ1) is 18.9. The monoisotopic (exact) mass is 407 g/mol. The fourth-order valence-corrected chi connectivity index (χ4v) is 3.56. The van der Waals surface area contributed by atoms with Gasteiger partial charge in [-0.3, -0.25) is 4.79 Å². The van der Waals surface area contributed by atoms with Crippen molar-refractivity contribution in [3.63, 3.8) is 0 Å². The Morgan fingerprint density at radius 2 is 2.14 bits per heavy atom. The summed E-state index contributed by atoms with van der Waals surface area (Å²) in [6.07, 6.45) is 6.63. The molecule has 0 spiro atoms. The number of halogens is 1. The number of nitrogens with one attached hydrogen (secondary N) is 1. The molecule has 4 rings (SSSR count). The molecule has 2 aromatic heterocycles. The predicted molar refractivity (Wildman–Crippen MR) is 109 cm³/mol. The summed E-state index contributed by atoms with van der Waals surface area (Å²) in [7, 11) is 0. The molecule has 3 heterocycles. The van der Waals surface area contributed by atoms with Crippen molar-refractivity contribution in [3.05, 3.63) is 59.6 Å². The van der Waals surface area contributed by atoms with E-state index in [0.717, 1.165) is 25.2 Å². The Morgan fingerprint density at radius 1 is 1.28 bits per heavy atom. The van der Waals surface area contributed by atoms with Crippen LogP contribution in [-0.4, -0.2) is 38.7 Å². The molecule has 1 atom stereocenters. The molecule has 1 aliphatic rings. The molecule has 1 unspecified atom stereocenters. The van der Waals surface area contributed by atoms with Crippen LogP contribution in [0.25, 0.3) is 5.82 Å². The van der Waals surface area contributed by atoms with Crippen molar-refractivity contribution in [2.45, 2.75) is 12.8 Å². The highest BCUT2D eigenvalue weighted by atomic mass is 35.5. The third-order valence-electron chi connectivity index (χ3n) is 4.85. The lowest BCUT2D eigenvalue weighted by Gasteiger charge is -2.33. The molecule has 0 saturated carbocycles. The Kier molecular flexibility index (Phi) is 5.40. The zero-order valence-electron chi connectivity index (χ0n) is 15.5. The molecule has 3 aromatic rings. The number of carbonyl (C=O) groups is 1. The molecular weight excluding hydrogens is 390 g/mol. The number of piperidine rings is 1. The maximum absolute atomic E-state index is 12.8. The van der Waals surface area contributed by atoms with Gasteiger partial charge in [0.1, 0.15) is 18.2 Å². The van der Waals surface area contributed by atoms with Crippen molar-refractivity contribution in [1.29, 1.82) is 5.26 Å². The smallest absolute Gasteiger partial charge is 0.229 e. The summed E-state index contributed by atoms with van der Waals surface area (Å²) in [4.78, 5) is 23.5. The number of amides is 1. The highest BCUT2D eigenvalue weighted by molar-refractivity contribution is 6.31. The zero-order chi connectivity index (χ0) is 20.2. The minimum atomic E-state index is -0.225. The quantitative estimate of drug-likeness (QED) is 0.713. The van der Waals surface area contributed by atoms with Crippen LogP contribution in [-0.2, 0) is 4.79 Å². The van der Waals surface area contributed by atoms with Crippen LogP contribution in [0.4, 0.5) is 11.5 Å². The standard InChI is InChI=1S/C20H18ClN7O/c21-16-5-4-14(11-22)17(9-16)26-20(29)15-3-1-7-27(12-15)18-10-19(24-13-23-18)28-8-2-6-25-28/h2,4-6,8-10,13,15H,1,3,7,12H2,(H,26,29). The average Bonchev–Trinajstić information content (AvgIpc) is 3.29. The third kappa shape index (κ3) is 4.20. The van der Waals surface area contributed by atoms with E-state index in [9.17, 15) is 10.1 Å². The van der Waals surface area contributed by atoms with E-state index in [1.54, 1.807) is 29.1 Å². The third-order valence-corrected chi connectivity index (χ3v) is 5.09. The molecule has 1 aliphatic heterocycles. The van der Waals surface area contributed by atoms with E-state index >= 15 is 0 Å². The second-order valence-corrected chi connectivity index (χ2v) is 7.20. The summed E-state index contributed by atoms with van der Waals surface area (Å²) < 4.78 is 1.67. The molecule has 1 aromatic carbocycles. The summed E-state index contributed by atoms with van der Waals surface area (Å²) in [5, 5.41) is 16.8. The number of hydrogen-bond acceptors (Lipinski definition) is 6. The van der Waals surface area contributed by atoms with Crippen LogP contribution in [0.1, 0.15) is 18.4 Å². The predicted octanol–water partition coefficient (Wildman–Crippen LogP) is 3.04. The van der Waals surface area contributed by atoms with Gasteiger partial charge in [-0.15, -0.1) is 0 Å². The number of benzene rings is 1. The van der Waals surface area contributed by atoms with Gasteiger partial charge in [-0.05, 0) is 37.1 Å². The number of hydrogen-bond donors (Lipinski definition) is 1. The van der Waals surface area contributed by atoms with E-state index in [0.29, 0.717) is 28.6 Å². The molecule has 146 valence electrons. The molecule has 1 saturated heterocycles. The number of nitrogens with zero attached hydrogens (tertiary/aromatic N) is 6. The number of rotatable bonds is 4. The molecule has 1 fully saturated rings. The van der Waals surface area contributed by atoms with Crippen LogP contribution in [0.2, 0.25) is 5.02 Å². The number of aromatic nitrogens is 4. The topological polar surface area (TPSA) is 99.7 Å². The summed E-state index contributed by atoms with van der Waals surface area (Å²) in [6, 6.07) is 10.6. The number of nitriles is 1. The van der Waals surface area contributed by atoms with E-state index in [2.05, 4.69) is 31.4 Å². The van der Waals surface area contributed by atoms with Gasteiger partial charge in [0.05, 0.1) is 17.2 Å². The first-order chi connectivity index (χ1) is 14.1. The van der Waals surface area contributed by atoms with Crippen molar-refractivity contribution in [2.75, 3.05) is 23.3 Å². The Bertz CT molecular complexity index is 1060. The number of carbonyl (C=O) groups excluding carboxylic acids is 1. The first-order valence-corrected chi connectivity index (χ1v) is 9.59. The van der Waals surface area contributed by atoms with Crippen LogP contribution in [0, 0.1) is 17.2 Å². The van der Waals surface area contributed by atoms with E-state index in [-0.39, 0.29) is 11.8 Å². The highest BCUT2D eigenvalue weighted by Crippen LogP contribution is 2.25. The molecule has 1 N–H and O–H groups in total. The van der Waals surface area contributed by atoms with E-state index < -0.39 is 0 Å². The van der Waals surface area contributed by atoms with Crippen LogP contribution >= 0.6 is 11.6 Å². The van der Waals surface area contributed by atoms with Gasteiger partial charge in [0, 0.05) is 36.6 Å². The first-order valence-electron chi connectivity index (χ1n) is 9.21. The van der Waals surface area contributed by atoms with Crippen LogP contribution in [0.5, 0.6) is 0 Å². The maximum atomic E-state index is 12.8. The normalized spacial score (nSPS) is 16.3. The summed E-state index contributed by atoms with van der Waals surface area (Å²) in [5.74, 6) is 1.07. The molecule has 1 amide bonds. The van der Waals surface area contributed by atoms with Crippen molar-refractivity contribution in [1.82, 2.24) is 19.7 Å². The Labute approximate surface area is 172 Å². The van der Waals surface area contributed by atoms with E-state index in [1.165, 1.54) is 6.33 Å². The fourth-order valence-electron chi connectivity index (χ4n) is 3.39. The van der Waals surface area contributed by atoms with Crippen molar-refractivity contribution in [3.8, 4) is 11.9 Å². The molecule has 0 bridgehead atoms. The minimum absolute atomic E-state index is 0.130. The fraction of sp³-hybridized carbons (Fsp3) is 0.250. The molecule has 0 aliphatic carbocycles. The summed E-state index contributed by atoms with van der Waals surface area (Å²) >= 11 is 6.01. The second-order valence-electron chi connectivity index (χ2n) is 6.76. The van der Waals surface area contributed by atoms with Gasteiger partial charge < -0.3 is 10.2 Å². The second kappa shape index (κ2) is 8.29. The molecular formula is C20H18ClN7O. The van der Waals surface area contributed by atoms with Crippen LogP contribution in [0.3, 0.4) is 0 Å². The lowest BCUT2D eigenvalue weighted by atomic mass is 9.97. The maximum Gasteiger partial charge on any atom is 0.229 e. The van der Waals surface area contributed by atoms with Gasteiger partial charge in [-0.25, -0.2) is 14.6 Å². The summed E-state index contributed by atoms with van der Waals surface area (Å²) in [5.41, 5.74) is 0.820. The van der Waals surface area contributed by atoms with Crippen molar-refractivity contribution >= 4 is 29.0 Å². The molecule has 29 heavy (non-hydrogen) atoms. The SMILES string of the molecule is N#Cc1ccc(Cl)cc1NC(=O)C1CCCN(c2cc(-n3cccn3)ncn2)C1. The van der Waals surface area contributed by atoms with E-state index in [4.69, 9.17) is 11.6 Å². The van der Waals surface area contributed by atoms with Crippen molar-refractivity contribution < 1.29 is 4.79 Å². The van der Waals surface area contributed by atoms with E-state index in [1.807, 2.05) is 18.3 Å². The minimum Gasteiger partial charge on any atom is -0.356 e. The molecule has 8 nitrogen and oxygen atoms in total. The van der Waals surface area contributed by atoms with Gasteiger partial charge in [-0.2, -0.15) is 10.4 Å². The Hall–Kier alpha value is -3.44.